The summed E-state index contributed by atoms with van der Waals surface area (Å²) < 4.78 is 23.0. The predicted molar refractivity (Wildman–Crippen MR) is 147 cm³/mol. The first-order chi connectivity index (χ1) is 17.1. The molecule has 0 heterocycles. The lowest BCUT2D eigenvalue weighted by Crippen LogP contribution is -2.25. The number of hydrogen-bond donors (Lipinski definition) is 0. The van der Waals surface area contributed by atoms with Crippen molar-refractivity contribution < 1.29 is 28.5 Å². The Bertz CT molecular complexity index is 1080. The quantitative estimate of drug-likeness (QED) is 0.243. The Hall–Kier alpha value is -3.28. The Morgan fingerprint density at radius 1 is 0.838 bits per heavy atom. The summed E-state index contributed by atoms with van der Waals surface area (Å²) >= 11 is 0. The topological polar surface area (TPSA) is 71.1 Å². The second-order valence-corrected chi connectivity index (χ2v) is 11.4. The molecule has 2 rings (SSSR count). The van der Waals surface area contributed by atoms with E-state index in [0.717, 1.165) is 40.7 Å². The molecule has 0 saturated heterocycles. The number of carbonyl (C=O) groups excluding carboxylic acids is 2. The minimum atomic E-state index is -0.648. The second-order valence-electron chi connectivity index (χ2n) is 11.4. The number of hydrogen-bond acceptors (Lipinski definition) is 6. The smallest absolute Gasteiger partial charge is 0.314 e. The van der Waals surface area contributed by atoms with E-state index in [2.05, 4.69) is 13.5 Å². The fourth-order valence-corrected chi connectivity index (χ4v) is 3.53. The fraction of sp³-hybridized carbons (Fsp3) is 0.484. The number of benzene rings is 2. The molecule has 0 amide bonds. The molecule has 0 fully saturated rings. The van der Waals surface area contributed by atoms with E-state index in [1.54, 1.807) is 41.5 Å². The van der Waals surface area contributed by atoms with Gasteiger partial charge in [-0.2, -0.15) is 0 Å². The van der Waals surface area contributed by atoms with Gasteiger partial charge in [0, 0.05) is 0 Å². The summed E-state index contributed by atoms with van der Waals surface area (Å²) in [6.07, 6.45) is 1.70. The van der Waals surface area contributed by atoms with Crippen molar-refractivity contribution in [1.82, 2.24) is 0 Å². The Balaban J connectivity index is 2.60. The zero-order valence-electron chi connectivity index (χ0n) is 23.9. The Labute approximate surface area is 222 Å². The number of esters is 2. The fourth-order valence-electron chi connectivity index (χ4n) is 3.53. The van der Waals surface area contributed by atoms with Crippen LogP contribution in [0.25, 0.3) is 16.7 Å². The summed E-state index contributed by atoms with van der Waals surface area (Å²) in [6, 6.07) is 9.97. The zero-order chi connectivity index (χ0) is 28.0. The van der Waals surface area contributed by atoms with E-state index in [9.17, 15) is 9.59 Å². The van der Waals surface area contributed by atoms with Gasteiger partial charge in [0.15, 0.2) is 0 Å². The van der Waals surface area contributed by atoms with E-state index in [0.29, 0.717) is 17.1 Å². The summed E-state index contributed by atoms with van der Waals surface area (Å²) in [5.74, 6) is 0.306. The normalized spacial score (nSPS) is 11.6. The first kappa shape index (κ1) is 29.9. The van der Waals surface area contributed by atoms with Gasteiger partial charge >= 0.3 is 11.9 Å². The number of carbonyl (C=O) groups is 2. The molecule has 37 heavy (non-hydrogen) atoms. The van der Waals surface area contributed by atoms with Gasteiger partial charge in [0.05, 0.1) is 16.4 Å². The lowest BCUT2D eigenvalue weighted by atomic mass is 9.91. The number of rotatable bonds is 10. The Kier molecular flexibility index (Phi) is 9.96. The standard InChI is InChI=1S/C31H42O6/c1-11-12-22-16-25(34-18-36-28(32)30(5,6)7)27(24-15-21(4)13-14-23(24)20(2)3)26(17-22)35-19-37-29(33)31(8,9)10/h13-17H,2,11-12,18-19H2,1,3-10H3. The van der Waals surface area contributed by atoms with Crippen LogP contribution in [0.5, 0.6) is 11.5 Å². The molecular weight excluding hydrogens is 468 g/mol. The van der Waals surface area contributed by atoms with Gasteiger partial charge in [-0.05, 0) is 90.6 Å². The lowest BCUT2D eigenvalue weighted by molar-refractivity contribution is -0.160. The van der Waals surface area contributed by atoms with Crippen molar-refractivity contribution in [2.24, 2.45) is 10.8 Å². The zero-order valence-corrected chi connectivity index (χ0v) is 23.9. The van der Waals surface area contributed by atoms with Crippen LogP contribution in [-0.2, 0) is 25.5 Å². The molecule has 0 radical (unpaired) electrons. The third-order valence-corrected chi connectivity index (χ3v) is 5.60. The van der Waals surface area contributed by atoms with E-state index in [1.807, 2.05) is 44.2 Å². The van der Waals surface area contributed by atoms with Crippen molar-refractivity contribution in [2.45, 2.75) is 75.2 Å². The first-order valence-corrected chi connectivity index (χ1v) is 12.7. The maximum atomic E-state index is 12.3. The van der Waals surface area contributed by atoms with Crippen molar-refractivity contribution in [1.29, 1.82) is 0 Å². The third kappa shape index (κ3) is 8.38. The van der Waals surface area contributed by atoms with E-state index in [4.69, 9.17) is 18.9 Å². The lowest BCUT2D eigenvalue weighted by Gasteiger charge is -2.22. The molecule has 0 saturated carbocycles. The van der Waals surface area contributed by atoms with Gasteiger partial charge in [-0.15, -0.1) is 0 Å². The van der Waals surface area contributed by atoms with Crippen LogP contribution in [0.3, 0.4) is 0 Å². The van der Waals surface area contributed by atoms with Crippen molar-refractivity contribution in [3.8, 4) is 22.6 Å². The number of aryl methyl sites for hydroxylation is 2. The third-order valence-electron chi connectivity index (χ3n) is 5.60. The van der Waals surface area contributed by atoms with Crippen LogP contribution in [0.1, 0.15) is 78.5 Å². The molecule has 6 nitrogen and oxygen atoms in total. The average molecular weight is 511 g/mol. The molecule has 0 aliphatic heterocycles. The average Bonchev–Trinajstić information content (AvgIpc) is 2.77. The minimum Gasteiger partial charge on any atom is -0.457 e. The molecule has 6 heteroatoms. The monoisotopic (exact) mass is 510 g/mol. The largest absolute Gasteiger partial charge is 0.457 e. The number of allylic oxidation sites excluding steroid dienone is 1. The highest BCUT2D eigenvalue weighted by Gasteiger charge is 2.25. The van der Waals surface area contributed by atoms with E-state index in [1.165, 1.54) is 0 Å². The molecule has 2 aromatic carbocycles. The Morgan fingerprint density at radius 2 is 1.32 bits per heavy atom. The van der Waals surface area contributed by atoms with Gasteiger partial charge in [0.25, 0.3) is 0 Å². The molecular formula is C31H42O6. The first-order valence-electron chi connectivity index (χ1n) is 12.7. The SMILES string of the molecule is C=C(C)c1ccc(C)cc1-c1c(OCOC(=O)C(C)(C)C)cc(CCC)cc1OCOC(=O)C(C)(C)C. The molecule has 0 atom stereocenters. The molecule has 0 bridgehead atoms. The number of ether oxygens (including phenoxy) is 4. The Morgan fingerprint density at radius 3 is 1.73 bits per heavy atom. The molecule has 0 N–H and O–H groups in total. The molecule has 2 aromatic rings. The summed E-state index contributed by atoms with van der Waals surface area (Å²) in [6.45, 7) is 20.4. The van der Waals surface area contributed by atoms with Crippen molar-refractivity contribution in [3.63, 3.8) is 0 Å². The molecule has 0 unspecified atom stereocenters. The maximum absolute atomic E-state index is 12.3. The van der Waals surface area contributed by atoms with Gasteiger partial charge in [0.1, 0.15) is 11.5 Å². The molecule has 0 aliphatic rings. The summed E-state index contributed by atoms with van der Waals surface area (Å²) in [7, 11) is 0. The summed E-state index contributed by atoms with van der Waals surface area (Å²) in [5.41, 5.74) is 4.10. The molecule has 0 spiro atoms. The molecule has 202 valence electrons. The molecule has 0 aliphatic carbocycles. The predicted octanol–water partition coefficient (Wildman–Crippen LogP) is 7.50. The van der Waals surface area contributed by atoms with Gasteiger partial charge in [-0.1, -0.05) is 49.3 Å². The van der Waals surface area contributed by atoms with Gasteiger partial charge in [-0.25, -0.2) is 0 Å². The van der Waals surface area contributed by atoms with E-state index in [-0.39, 0.29) is 25.5 Å². The van der Waals surface area contributed by atoms with Crippen LogP contribution in [0.15, 0.2) is 36.9 Å². The summed E-state index contributed by atoms with van der Waals surface area (Å²) in [5, 5.41) is 0. The van der Waals surface area contributed by atoms with Crippen LogP contribution in [0.4, 0.5) is 0 Å². The van der Waals surface area contributed by atoms with Crippen molar-refractivity contribution in [3.05, 3.63) is 53.6 Å². The minimum absolute atomic E-state index is 0.245. The van der Waals surface area contributed by atoms with Crippen molar-refractivity contribution >= 4 is 17.5 Å². The van der Waals surface area contributed by atoms with E-state index >= 15 is 0 Å². The van der Waals surface area contributed by atoms with Crippen LogP contribution >= 0.6 is 0 Å². The highest BCUT2D eigenvalue weighted by molar-refractivity contribution is 5.87. The second kappa shape index (κ2) is 12.3. The van der Waals surface area contributed by atoms with Gasteiger partial charge in [-0.3, -0.25) is 9.59 Å². The van der Waals surface area contributed by atoms with Gasteiger partial charge in [0.2, 0.25) is 13.6 Å². The van der Waals surface area contributed by atoms with Gasteiger partial charge < -0.3 is 18.9 Å². The van der Waals surface area contributed by atoms with E-state index < -0.39 is 10.8 Å². The highest BCUT2D eigenvalue weighted by Crippen LogP contribution is 2.43. The summed E-state index contributed by atoms with van der Waals surface area (Å²) in [4.78, 5) is 24.7. The van der Waals surface area contributed by atoms with Crippen LogP contribution < -0.4 is 9.47 Å². The molecule has 0 aromatic heterocycles. The van der Waals surface area contributed by atoms with Crippen LogP contribution in [0.2, 0.25) is 0 Å². The van der Waals surface area contributed by atoms with Crippen LogP contribution in [0, 0.1) is 17.8 Å². The maximum Gasteiger partial charge on any atom is 0.314 e. The van der Waals surface area contributed by atoms with Crippen molar-refractivity contribution in [2.75, 3.05) is 13.6 Å². The highest BCUT2D eigenvalue weighted by atomic mass is 16.7. The van der Waals surface area contributed by atoms with Crippen LogP contribution in [-0.4, -0.2) is 25.5 Å².